The van der Waals surface area contributed by atoms with Crippen LogP contribution in [-0.4, -0.2) is 53.1 Å². The van der Waals surface area contributed by atoms with Gasteiger partial charge in [0.1, 0.15) is 17.1 Å². The Morgan fingerprint density at radius 2 is 1.67 bits per heavy atom. The number of halogens is 1. The van der Waals surface area contributed by atoms with E-state index >= 15 is 0 Å². The van der Waals surface area contributed by atoms with Crippen LogP contribution in [0.15, 0.2) is 83.9 Å². The molecular formula is C40H42ClN7O4. The molecule has 0 bridgehead atoms. The minimum Gasteiger partial charge on any atom is -0.496 e. The summed E-state index contributed by atoms with van der Waals surface area (Å²) >= 11 is 7.18. The standard InChI is InChI=1S/C40H42ClN7O4/c1-24-30(26-14-16-48-35(18-26)45-21-28(39(48)51)20-44-23-40(42)15-13-37(50)47-40)5-3-6-31(24)33-8-4-7-32(38(33)41)25-9-10-27(34(17-25)52-2)19-43-22-29-11-12-36(49)46-29/h3-10,14,16-18,21,29,43-44H,11-13,15,19-20,22-23,42H2,1-2H3,(H,46,49)(H,47,50)/t29-,40-/m0/s1. The fourth-order valence-corrected chi connectivity index (χ4v) is 7.50. The molecule has 0 unspecified atom stereocenters. The Morgan fingerprint density at radius 3 is 2.42 bits per heavy atom. The predicted octanol–water partition coefficient (Wildman–Crippen LogP) is 4.69. The molecular weight excluding hydrogens is 678 g/mol. The van der Waals surface area contributed by atoms with Crippen molar-refractivity contribution in [3.8, 4) is 39.1 Å². The second-order valence-electron chi connectivity index (χ2n) is 13.6. The lowest BCUT2D eigenvalue weighted by molar-refractivity contribution is -0.120. The smallest absolute Gasteiger partial charge is 0.262 e. The van der Waals surface area contributed by atoms with Crippen molar-refractivity contribution in [2.45, 2.75) is 57.4 Å². The van der Waals surface area contributed by atoms with E-state index in [-0.39, 0.29) is 30.0 Å². The summed E-state index contributed by atoms with van der Waals surface area (Å²) in [4.78, 5) is 41.1. The average molecular weight is 720 g/mol. The van der Waals surface area contributed by atoms with E-state index in [9.17, 15) is 14.4 Å². The second-order valence-corrected chi connectivity index (χ2v) is 14.0. The van der Waals surface area contributed by atoms with Crippen molar-refractivity contribution in [1.29, 1.82) is 0 Å². The number of hydrogen-bond donors (Lipinski definition) is 5. The van der Waals surface area contributed by atoms with Gasteiger partial charge < -0.3 is 31.7 Å². The summed E-state index contributed by atoms with van der Waals surface area (Å²) < 4.78 is 7.32. The van der Waals surface area contributed by atoms with Crippen molar-refractivity contribution in [2.24, 2.45) is 5.73 Å². The highest BCUT2D eigenvalue weighted by molar-refractivity contribution is 6.36. The zero-order chi connectivity index (χ0) is 36.4. The Bertz CT molecular complexity index is 2240. The number of aromatic nitrogens is 2. The first kappa shape index (κ1) is 35.3. The van der Waals surface area contributed by atoms with E-state index in [2.05, 4.69) is 51.4 Å². The lowest BCUT2D eigenvalue weighted by Gasteiger charge is -2.24. The Labute approximate surface area is 306 Å². The quantitative estimate of drug-likeness (QED) is 0.125. The van der Waals surface area contributed by atoms with E-state index in [0.29, 0.717) is 55.1 Å². The predicted molar refractivity (Wildman–Crippen MR) is 203 cm³/mol. The number of fused-ring (bicyclic) bond motifs is 1. The van der Waals surface area contributed by atoms with Crippen LogP contribution in [0.3, 0.4) is 0 Å². The molecule has 2 fully saturated rings. The number of amides is 2. The molecule has 3 aromatic carbocycles. The fraction of sp³-hybridized carbons (Fsp3) is 0.300. The largest absolute Gasteiger partial charge is 0.496 e. The number of rotatable bonds is 12. The number of methoxy groups -OCH3 is 1. The van der Waals surface area contributed by atoms with Crippen molar-refractivity contribution in [3.63, 3.8) is 0 Å². The number of carbonyl (C=O) groups excluding carboxylic acids is 2. The molecule has 2 saturated heterocycles. The Hall–Kier alpha value is -5.07. The summed E-state index contributed by atoms with van der Waals surface area (Å²) in [5, 5.41) is 13.1. The summed E-state index contributed by atoms with van der Waals surface area (Å²) in [6, 6.07) is 22.3. The van der Waals surface area contributed by atoms with Crippen molar-refractivity contribution in [2.75, 3.05) is 20.2 Å². The van der Waals surface area contributed by atoms with Gasteiger partial charge in [-0.1, -0.05) is 60.1 Å². The van der Waals surface area contributed by atoms with Gasteiger partial charge in [0.2, 0.25) is 11.8 Å². The van der Waals surface area contributed by atoms with Crippen LogP contribution in [0.1, 0.15) is 42.4 Å². The summed E-state index contributed by atoms with van der Waals surface area (Å²) in [6.07, 6.45) is 5.72. The molecule has 7 rings (SSSR count). The maximum Gasteiger partial charge on any atom is 0.262 e. The molecule has 2 aliphatic rings. The van der Waals surface area contributed by atoms with Crippen LogP contribution >= 0.6 is 11.6 Å². The highest BCUT2D eigenvalue weighted by atomic mass is 35.5. The summed E-state index contributed by atoms with van der Waals surface area (Å²) in [6.45, 7) is 4.03. The van der Waals surface area contributed by atoms with E-state index in [0.717, 1.165) is 56.7 Å². The van der Waals surface area contributed by atoms with Gasteiger partial charge in [-0.3, -0.25) is 18.8 Å². The van der Waals surface area contributed by atoms with Crippen molar-refractivity contribution >= 4 is 29.1 Å². The van der Waals surface area contributed by atoms with Crippen LogP contribution in [0.25, 0.3) is 39.0 Å². The second kappa shape index (κ2) is 14.9. The molecule has 52 heavy (non-hydrogen) atoms. The zero-order valence-corrected chi connectivity index (χ0v) is 30.0. The Morgan fingerprint density at radius 1 is 0.923 bits per heavy atom. The first-order valence-corrected chi connectivity index (χ1v) is 17.9. The number of nitrogens with zero attached hydrogens (tertiary/aromatic N) is 2. The van der Waals surface area contributed by atoms with Gasteiger partial charge in [0, 0.05) is 79.7 Å². The van der Waals surface area contributed by atoms with E-state index in [4.69, 9.17) is 22.1 Å². The monoisotopic (exact) mass is 719 g/mol. The SMILES string of the molecule is COc1cc(-c2cccc(-c3cccc(-c4ccn5c(=O)c(CNC[C@]6(N)CCC(=O)N6)cnc5c4)c3C)c2Cl)ccc1CNC[C@@H]1CCC(=O)N1. The summed E-state index contributed by atoms with van der Waals surface area (Å²) in [7, 11) is 1.67. The van der Waals surface area contributed by atoms with E-state index in [1.807, 2.05) is 48.5 Å². The van der Waals surface area contributed by atoms with Gasteiger partial charge in [0.05, 0.1) is 12.1 Å². The van der Waals surface area contributed by atoms with Gasteiger partial charge in [0.15, 0.2) is 0 Å². The van der Waals surface area contributed by atoms with E-state index in [1.165, 1.54) is 0 Å². The van der Waals surface area contributed by atoms with Crippen LogP contribution in [0, 0.1) is 6.92 Å². The highest BCUT2D eigenvalue weighted by Crippen LogP contribution is 2.41. The van der Waals surface area contributed by atoms with Gasteiger partial charge in [-0.15, -0.1) is 0 Å². The minimum absolute atomic E-state index is 0.0640. The molecule has 12 heteroatoms. The molecule has 6 N–H and O–H groups in total. The summed E-state index contributed by atoms with van der Waals surface area (Å²) in [5.74, 6) is 0.805. The average Bonchev–Trinajstić information content (AvgIpc) is 3.72. The topological polar surface area (TPSA) is 152 Å². The lowest BCUT2D eigenvalue weighted by Crippen LogP contribution is -2.56. The third-order valence-corrected chi connectivity index (χ3v) is 10.5. The van der Waals surface area contributed by atoms with Gasteiger partial charge in [-0.05, 0) is 65.8 Å². The highest BCUT2D eigenvalue weighted by Gasteiger charge is 2.33. The maximum absolute atomic E-state index is 13.3. The van der Waals surface area contributed by atoms with Gasteiger partial charge in [-0.25, -0.2) is 4.98 Å². The van der Waals surface area contributed by atoms with Crippen LogP contribution < -0.4 is 37.3 Å². The molecule has 2 amide bonds. The number of carbonyl (C=O) groups is 2. The van der Waals surface area contributed by atoms with Crippen molar-refractivity contribution in [3.05, 3.63) is 111 Å². The van der Waals surface area contributed by atoms with Gasteiger partial charge >= 0.3 is 0 Å². The van der Waals surface area contributed by atoms with Crippen LogP contribution in [0.5, 0.6) is 5.75 Å². The van der Waals surface area contributed by atoms with E-state index in [1.54, 1.807) is 23.9 Å². The lowest BCUT2D eigenvalue weighted by atomic mass is 9.91. The molecule has 2 aromatic heterocycles. The van der Waals surface area contributed by atoms with Crippen LogP contribution in [-0.2, 0) is 22.7 Å². The molecule has 0 saturated carbocycles. The number of benzene rings is 3. The zero-order valence-electron chi connectivity index (χ0n) is 29.2. The third-order valence-electron chi connectivity index (χ3n) is 10.0. The number of ether oxygens (including phenoxy) is 1. The van der Waals surface area contributed by atoms with Crippen LogP contribution in [0.4, 0.5) is 0 Å². The molecule has 0 spiro atoms. The summed E-state index contributed by atoms with van der Waals surface area (Å²) in [5.41, 5.74) is 14.0. The van der Waals surface area contributed by atoms with E-state index < -0.39 is 5.66 Å². The van der Waals surface area contributed by atoms with Crippen molar-refractivity contribution < 1.29 is 14.3 Å². The van der Waals surface area contributed by atoms with Crippen LogP contribution in [0.2, 0.25) is 5.02 Å². The first-order valence-electron chi connectivity index (χ1n) is 17.5. The Balaban J connectivity index is 1.10. The first-order chi connectivity index (χ1) is 25.1. The molecule has 0 aliphatic carbocycles. The normalized spacial score (nSPS) is 18.5. The number of pyridine rings is 1. The third kappa shape index (κ3) is 7.31. The number of nitrogens with two attached hydrogens (primary N) is 1. The number of nitrogens with one attached hydrogen (secondary N) is 4. The van der Waals surface area contributed by atoms with Gasteiger partial charge in [0.25, 0.3) is 5.56 Å². The fourth-order valence-electron chi connectivity index (χ4n) is 7.17. The molecule has 268 valence electrons. The molecule has 2 aliphatic heterocycles. The molecule has 4 heterocycles. The molecule has 11 nitrogen and oxygen atoms in total. The Kier molecular flexibility index (Phi) is 10.1. The minimum atomic E-state index is -0.806. The number of hydrogen-bond acceptors (Lipinski definition) is 8. The van der Waals surface area contributed by atoms with Crippen molar-refractivity contribution in [1.82, 2.24) is 30.7 Å². The molecule has 2 atom stereocenters. The maximum atomic E-state index is 13.3. The van der Waals surface area contributed by atoms with Gasteiger partial charge in [-0.2, -0.15) is 0 Å². The molecule has 0 radical (unpaired) electrons. The molecule has 5 aromatic rings.